The topological polar surface area (TPSA) is 28.6 Å². The van der Waals surface area contributed by atoms with Gasteiger partial charge in [0.2, 0.25) is 0 Å². The third-order valence-corrected chi connectivity index (χ3v) is 7.16. The number of rotatable bonds is 6. The first-order chi connectivity index (χ1) is 15.7. The van der Waals surface area contributed by atoms with E-state index in [4.69, 9.17) is 4.74 Å². The van der Waals surface area contributed by atoms with Crippen LogP contribution < -0.4 is 4.74 Å². The van der Waals surface area contributed by atoms with Crippen molar-refractivity contribution < 1.29 is 4.74 Å². The van der Waals surface area contributed by atoms with Gasteiger partial charge in [0.15, 0.2) is 0 Å². The predicted octanol–water partition coefficient (Wildman–Crippen LogP) is 6.06. The maximum atomic E-state index is 5.31. The lowest BCUT2D eigenvalue weighted by molar-refractivity contribution is 0.0850. The first-order valence-corrected chi connectivity index (χ1v) is 14.3. The van der Waals surface area contributed by atoms with Gasteiger partial charge < -0.3 is 4.74 Å². The summed E-state index contributed by atoms with van der Waals surface area (Å²) in [6.07, 6.45) is 14.7. The molecule has 2 aliphatic rings. The Bertz CT molecular complexity index is 771. The number of pyridine rings is 1. The summed E-state index contributed by atoms with van der Waals surface area (Å²) in [6, 6.07) is 13.3. The molecular weight excluding hydrogens is 434 g/mol. The summed E-state index contributed by atoms with van der Waals surface area (Å²) in [4.78, 5) is 11.2. The molecule has 0 spiro atoms. The highest BCUT2D eigenvalue weighted by Crippen LogP contribution is 2.29. The van der Waals surface area contributed by atoms with E-state index in [-0.39, 0.29) is 0 Å². The van der Waals surface area contributed by atoms with Crippen LogP contribution >= 0.6 is 23.5 Å². The fraction of sp³-hybridized carbons (Fsp3) is 0.577. The SMILES string of the molecule is COc1cccc(Sc2ccc(CN3CCN(C4CCCCCC4)CC3)cn2)c1.CSC. The van der Waals surface area contributed by atoms with Crippen molar-refractivity contribution in [3.63, 3.8) is 0 Å². The Hall–Kier alpha value is -1.21. The molecule has 1 saturated carbocycles. The van der Waals surface area contributed by atoms with Crippen LogP contribution in [-0.2, 0) is 6.54 Å². The molecule has 32 heavy (non-hydrogen) atoms. The van der Waals surface area contributed by atoms with Crippen molar-refractivity contribution in [1.29, 1.82) is 0 Å². The van der Waals surface area contributed by atoms with Crippen molar-refractivity contribution in [2.75, 3.05) is 45.8 Å². The number of nitrogens with zero attached hydrogens (tertiary/aromatic N) is 3. The molecular formula is C26H39N3OS2. The van der Waals surface area contributed by atoms with Crippen molar-refractivity contribution in [3.05, 3.63) is 48.2 Å². The van der Waals surface area contributed by atoms with Gasteiger partial charge in [0, 0.05) is 49.9 Å². The van der Waals surface area contributed by atoms with E-state index in [0.29, 0.717) is 0 Å². The first kappa shape index (κ1) is 25.4. The number of hydrogen-bond donors (Lipinski definition) is 0. The Labute approximate surface area is 203 Å². The quantitative estimate of drug-likeness (QED) is 0.474. The highest BCUT2D eigenvalue weighted by Gasteiger charge is 2.24. The van der Waals surface area contributed by atoms with Crippen LogP contribution in [0.4, 0.5) is 0 Å². The van der Waals surface area contributed by atoms with Gasteiger partial charge in [-0.15, -0.1) is 0 Å². The molecule has 2 heterocycles. The molecule has 1 aliphatic heterocycles. The number of ether oxygens (including phenoxy) is 1. The Morgan fingerprint density at radius 2 is 1.69 bits per heavy atom. The number of piperazine rings is 1. The maximum Gasteiger partial charge on any atom is 0.119 e. The molecule has 2 aromatic rings. The summed E-state index contributed by atoms with van der Waals surface area (Å²) in [5, 5.41) is 1.03. The highest BCUT2D eigenvalue weighted by atomic mass is 32.2. The Kier molecular flexibility index (Phi) is 11.2. The van der Waals surface area contributed by atoms with Crippen LogP contribution in [0.25, 0.3) is 0 Å². The fourth-order valence-corrected chi connectivity index (χ4v) is 5.32. The Balaban J connectivity index is 0.000000913. The minimum absolute atomic E-state index is 0.842. The van der Waals surface area contributed by atoms with E-state index in [2.05, 4.69) is 33.0 Å². The summed E-state index contributed by atoms with van der Waals surface area (Å²) in [5.74, 6) is 0.884. The molecule has 0 unspecified atom stereocenters. The molecule has 176 valence electrons. The molecule has 2 fully saturated rings. The smallest absolute Gasteiger partial charge is 0.119 e. The zero-order valence-electron chi connectivity index (χ0n) is 20.0. The monoisotopic (exact) mass is 473 g/mol. The number of benzene rings is 1. The maximum absolute atomic E-state index is 5.31. The molecule has 1 aromatic heterocycles. The van der Waals surface area contributed by atoms with Gasteiger partial charge in [0.05, 0.1) is 7.11 Å². The van der Waals surface area contributed by atoms with E-state index >= 15 is 0 Å². The zero-order chi connectivity index (χ0) is 22.6. The van der Waals surface area contributed by atoms with Crippen molar-refractivity contribution in [1.82, 2.24) is 14.8 Å². The second-order valence-electron chi connectivity index (χ2n) is 8.65. The summed E-state index contributed by atoms with van der Waals surface area (Å²) < 4.78 is 5.31. The minimum Gasteiger partial charge on any atom is -0.497 e. The lowest BCUT2D eigenvalue weighted by atomic mass is 10.1. The normalized spacial score (nSPS) is 18.5. The average molecular weight is 474 g/mol. The summed E-state index contributed by atoms with van der Waals surface area (Å²) >= 11 is 3.43. The second-order valence-corrected chi connectivity index (χ2v) is 10.6. The van der Waals surface area contributed by atoms with Crippen LogP contribution in [0.1, 0.15) is 44.1 Å². The minimum atomic E-state index is 0.842. The largest absolute Gasteiger partial charge is 0.497 e. The van der Waals surface area contributed by atoms with Gasteiger partial charge in [0.1, 0.15) is 10.8 Å². The summed E-state index contributed by atoms with van der Waals surface area (Å²) in [6.45, 7) is 5.81. The van der Waals surface area contributed by atoms with Gasteiger partial charge in [-0.25, -0.2) is 4.98 Å². The Morgan fingerprint density at radius 1 is 0.969 bits per heavy atom. The van der Waals surface area contributed by atoms with E-state index in [1.54, 1.807) is 30.6 Å². The van der Waals surface area contributed by atoms with Gasteiger partial charge >= 0.3 is 0 Å². The van der Waals surface area contributed by atoms with Crippen molar-refractivity contribution in [3.8, 4) is 5.75 Å². The fourth-order valence-electron chi connectivity index (χ4n) is 4.52. The van der Waals surface area contributed by atoms with Crippen molar-refractivity contribution in [2.24, 2.45) is 0 Å². The lowest BCUT2D eigenvalue weighted by Gasteiger charge is -2.39. The van der Waals surface area contributed by atoms with E-state index in [9.17, 15) is 0 Å². The third kappa shape index (κ3) is 8.29. The zero-order valence-corrected chi connectivity index (χ0v) is 21.6. The highest BCUT2D eigenvalue weighted by molar-refractivity contribution is 7.99. The predicted molar refractivity (Wildman–Crippen MR) is 139 cm³/mol. The standard InChI is InChI=1S/C24H33N3OS.C2H6S/c1-28-22-9-6-10-23(17-22)29-24-12-11-20(18-25-24)19-26-13-15-27(16-14-26)21-7-4-2-3-5-8-21;1-3-2/h6,9-12,17-18,21H,2-5,7-8,13-16,19H2,1H3;1-2H3. The van der Waals surface area contributed by atoms with Gasteiger partial charge in [-0.05, 0) is 55.2 Å². The van der Waals surface area contributed by atoms with Crippen LogP contribution in [0.5, 0.6) is 5.75 Å². The molecule has 4 rings (SSSR count). The van der Waals surface area contributed by atoms with Gasteiger partial charge in [-0.2, -0.15) is 11.8 Å². The van der Waals surface area contributed by atoms with Gasteiger partial charge in [0.25, 0.3) is 0 Å². The first-order valence-electron chi connectivity index (χ1n) is 11.8. The van der Waals surface area contributed by atoms with Crippen molar-refractivity contribution >= 4 is 23.5 Å². The van der Waals surface area contributed by atoms with Crippen LogP contribution in [0.2, 0.25) is 0 Å². The number of thioether (sulfide) groups is 1. The molecule has 1 saturated heterocycles. The van der Waals surface area contributed by atoms with Gasteiger partial charge in [-0.1, -0.05) is 49.6 Å². The van der Waals surface area contributed by atoms with Crippen LogP contribution in [0, 0.1) is 0 Å². The number of hydrogen-bond acceptors (Lipinski definition) is 6. The Morgan fingerprint density at radius 3 is 2.31 bits per heavy atom. The molecule has 1 aliphatic carbocycles. The second kappa shape index (κ2) is 14.1. The molecule has 0 atom stereocenters. The van der Waals surface area contributed by atoms with E-state index in [1.165, 1.54) is 70.3 Å². The lowest BCUT2D eigenvalue weighted by Crippen LogP contribution is -2.49. The van der Waals surface area contributed by atoms with E-state index < -0.39 is 0 Å². The summed E-state index contributed by atoms with van der Waals surface area (Å²) in [7, 11) is 1.70. The average Bonchev–Trinajstić information content (AvgIpc) is 3.11. The molecule has 6 heteroatoms. The van der Waals surface area contributed by atoms with Crippen LogP contribution in [0.15, 0.2) is 52.5 Å². The number of methoxy groups -OCH3 is 1. The molecule has 0 N–H and O–H groups in total. The van der Waals surface area contributed by atoms with E-state index in [1.807, 2.05) is 36.9 Å². The summed E-state index contributed by atoms with van der Waals surface area (Å²) in [5.41, 5.74) is 1.31. The van der Waals surface area contributed by atoms with Crippen molar-refractivity contribution in [2.45, 2.75) is 61.0 Å². The van der Waals surface area contributed by atoms with Crippen LogP contribution in [0.3, 0.4) is 0 Å². The number of aromatic nitrogens is 1. The molecule has 0 radical (unpaired) electrons. The molecule has 0 bridgehead atoms. The molecule has 4 nitrogen and oxygen atoms in total. The van der Waals surface area contributed by atoms with E-state index in [0.717, 1.165) is 28.3 Å². The molecule has 1 aromatic carbocycles. The van der Waals surface area contributed by atoms with Crippen LogP contribution in [-0.4, -0.2) is 66.6 Å². The molecule has 0 amide bonds. The van der Waals surface area contributed by atoms with Gasteiger partial charge in [-0.3, -0.25) is 9.80 Å². The third-order valence-electron chi connectivity index (χ3n) is 6.22.